The Hall–Kier alpha value is -4.08. The molecule has 188 valence electrons. The van der Waals surface area contributed by atoms with Crippen LogP contribution in [0.3, 0.4) is 0 Å². The van der Waals surface area contributed by atoms with E-state index in [-0.39, 0.29) is 5.56 Å². The fourth-order valence-electron chi connectivity index (χ4n) is 4.24. The van der Waals surface area contributed by atoms with Gasteiger partial charge in [0.05, 0.1) is 16.8 Å². The van der Waals surface area contributed by atoms with Gasteiger partial charge in [0.1, 0.15) is 11.4 Å². The molecule has 0 N–H and O–H groups in total. The number of aryl methyl sites for hydroxylation is 1. The van der Waals surface area contributed by atoms with Crippen molar-refractivity contribution in [2.75, 3.05) is 6.61 Å². The third kappa shape index (κ3) is 4.55. The van der Waals surface area contributed by atoms with Crippen LogP contribution in [0.2, 0.25) is 0 Å². The highest BCUT2D eigenvalue weighted by molar-refractivity contribution is 9.10. The van der Waals surface area contributed by atoms with E-state index in [2.05, 4.69) is 32.1 Å². The van der Waals surface area contributed by atoms with Gasteiger partial charge in [0, 0.05) is 27.4 Å². The Morgan fingerprint density at radius 2 is 1.76 bits per heavy atom. The smallest absolute Gasteiger partial charge is 0.291 e. The number of nitrogens with zero attached hydrogens (tertiary/aromatic N) is 5. The Balaban J connectivity index is 1.47. The van der Waals surface area contributed by atoms with E-state index in [0.717, 1.165) is 43.9 Å². The van der Waals surface area contributed by atoms with Crippen LogP contribution < -0.4 is 14.8 Å². The lowest BCUT2D eigenvalue weighted by Crippen LogP contribution is -2.23. The van der Waals surface area contributed by atoms with E-state index in [4.69, 9.17) is 9.84 Å². The molecule has 0 saturated heterocycles. The maximum absolute atomic E-state index is 13.3. The van der Waals surface area contributed by atoms with Gasteiger partial charge in [-0.25, -0.2) is 4.68 Å². The number of hydrogen-bond donors (Lipinski definition) is 0. The highest BCUT2D eigenvalue weighted by Crippen LogP contribution is 2.29. The number of ether oxygens (including phenoxy) is 1. The molecule has 0 aliphatic heterocycles. The van der Waals surface area contributed by atoms with Crippen molar-refractivity contribution < 1.29 is 4.74 Å². The Labute approximate surface area is 230 Å². The van der Waals surface area contributed by atoms with Gasteiger partial charge in [0.2, 0.25) is 4.96 Å². The highest BCUT2D eigenvalue weighted by atomic mass is 79.9. The van der Waals surface area contributed by atoms with Crippen molar-refractivity contribution in [1.82, 2.24) is 24.4 Å². The Morgan fingerprint density at radius 1 is 1.00 bits per heavy atom. The van der Waals surface area contributed by atoms with E-state index in [1.165, 1.54) is 15.9 Å². The number of fused-ring (bicyclic) bond motifs is 1. The molecule has 6 rings (SSSR count). The molecule has 0 aliphatic carbocycles. The second-order valence-corrected chi connectivity index (χ2v) is 10.6. The summed E-state index contributed by atoms with van der Waals surface area (Å²) in [6, 6.07) is 23.6. The van der Waals surface area contributed by atoms with Crippen molar-refractivity contribution in [1.29, 1.82) is 0 Å². The molecular formula is C29H22BrN5O2S. The summed E-state index contributed by atoms with van der Waals surface area (Å²) in [6.07, 6.45) is 3.81. The standard InChI is InChI=1S/C29H22BrN5O2S/c1-3-37-24-14-11-20(15-18(24)2)26-21(17-34(32-26)23-7-5-4-6-8-23)16-25-28(36)35-29(38-25)31-27(33-35)19-9-12-22(30)13-10-19/h4-17H,3H2,1-2H3. The van der Waals surface area contributed by atoms with Crippen LogP contribution in [0, 0.1) is 6.92 Å². The normalized spacial score (nSPS) is 11.9. The van der Waals surface area contributed by atoms with Crippen molar-refractivity contribution in [2.45, 2.75) is 13.8 Å². The first kappa shape index (κ1) is 24.3. The molecule has 0 spiro atoms. The zero-order valence-electron chi connectivity index (χ0n) is 20.6. The quantitative estimate of drug-likeness (QED) is 0.252. The van der Waals surface area contributed by atoms with Gasteiger partial charge in [0.15, 0.2) is 5.82 Å². The van der Waals surface area contributed by atoms with Crippen LogP contribution in [0.4, 0.5) is 0 Å². The van der Waals surface area contributed by atoms with Crippen molar-refractivity contribution >= 4 is 38.3 Å². The summed E-state index contributed by atoms with van der Waals surface area (Å²) in [4.78, 5) is 18.5. The van der Waals surface area contributed by atoms with E-state index in [9.17, 15) is 4.79 Å². The predicted octanol–water partition coefficient (Wildman–Crippen LogP) is 5.69. The SMILES string of the molecule is CCOc1ccc(-c2nn(-c3ccccc3)cc2C=c2sc3nc(-c4ccc(Br)cc4)nn3c2=O)cc1C. The number of hydrogen-bond acceptors (Lipinski definition) is 6. The molecule has 3 aromatic carbocycles. The Kier molecular flexibility index (Phi) is 6.39. The van der Waals surface area contributed by atoms with Gasteiger partial charge in [-0.15, -0.1) is 5.10 Å². The first-order valence-corrected chi connectivity index (χ1v) is 13.7. The van der Waals surface area contributed by atoms with E-state index in [1.807, 2.05) is 97.5 Å². The van der Waals surface area contributed by atoms with Crippen LogP contribution in [-0.2, 0) is 0 Å². The van der Waals surface area contributed by atoms with E-state index < -0.39 is 0 Å². The molecule has 0 bridgehead atoms. The zero-order valence-corrected chi connectivity index (χ0v) is 23.0. The molecule has 0 unspecified atom stereocenters. The third-order valence-corrected chi connectivity index (χ3v) is 7.57. The van der Waals surface area contributed by atoms with Crippen LogP contribution in [0.25, 0.3) is 39.4 Å². The number of rotatable bonds is 6. The van der Waals surface area contributed by atoms with Crippen molar-refractivity contribution in [3.8, 4) is 34.1 Å². The number of para-hydroxylation sites is 1. The fraction of sp³-hybridized carbons (Fsp3) is 0.103. The van der Waals surface area contributed by atoms with Crippen LogP contribution in [0.5, 0.6) is 5.75 Å². The average molecular weight is 584 g/mol. The summed E-state index contributed by atoms with van der Waals surface area (Å²) >= 11 is 4.75. The summed E-state index contributed by atoms with van der Waals surface area (Å²) in [5, 5.41) is 9.38. The Morgan fingerprint density at radius 3 is 2.47 bits per heavy atom. The molecule has 0 fully saturated rings. The fourth-order valence-corrected chi connectivity index (χ4v) is 5.40. The summed E-state index contributed by atoms with van der Waals surface area (Å²) in [6.45, 7) is 4.59. The van der Waals surface area contributed by atoms with Crippen molar-refractivity contribution in [2.24, 2.45) is 0 Å². The molecule has 3 aromatic heterocycles. The van der Waals surface area contributed by atoms with Crippen molar-refractivity contribution in [3.63, 3.8) is 0 Å². The molecule has 38 heavy (non-hydrogen) atoms. The molecule has 3 heterocycles. The highest BCUT2D eigenvalue weighted by Gasteiger charge is 2.16. The lowest BCUT2D eigenvalue weighted by Gasteiger charge is -2.08. The molecule has 0 aliphatic rings. The molecule has 0 amide bonds. The number of benzene rings is 3. The van der Waals surface area contributed by atoms with E-state index in [1.54, 1.807) is 0 Å². The average Bonchev–Trinajstić information content (AvgIpc) is 3.62. The summed E-state index contributed by atoms with van der Waals surface area (Å²) in [5.41, 5.74) is 5.14. The zero-order chi connectivity index (χ0) is 26.2. The van der Waals surface area contributed by atoms with Crippen LogP contribution in [0.15, 0.2) is 88.3 Å². The maximum Gasteiger partial charge on any atom is 0.291 e. The number of aromatic nitrogens is 5. The predicted molar refractivity (Wildman–Crippen MR) is 154 cm³/mol. The second-order valence-electron chi connectivity index (χ2n) is 8.68. The molecule has 9 heteroatoms. The minimum absolute atomic E-state index is 0.206. The first-order valence-electron chi connectivity index (χ1n) is 12.1. The third-order valence-electron chi connectivity index (χ3n) is 6.08. The largest absolute Gasteiger partial charge is 0.494 e. The first-order chi connectivity index (χ1) is 18.5. The Bertz CT molecular complexity index is 1870. The van der Waals surface area contributed by atoms with Gasteiger partial charge in [-0.2, -0.15) is 14.6 Å². The van der Waals surface area contributed by atoms with E-state index in [0.29, 0.717) is 21.9 Å². The minimum atomic E-state index is -0.206. The van der Waals surface area contributed by atoms with Gasteiger partial charge in [0.25, 0.3) is 5.56 Å². The topological polar surface area (TPSA) is 74.3 Å². The maximum atomic E-state index is 13.3. The lowest BCUT2D eigenvalue weighted by atomic mass is 10.0. The number of thiazole rings is 1. The van der Waals surface area contributed by atoms with Gasteiger partial charge in [-0.1, -0.05) is 57.6 Å². The van der Waals surface area contributed by atoms with E-state index >= 15 is 0 Å². The van der Waals surface area contributed by atoms with Crippen LogP contribution in [0.1, 0.15) is 18.1 Å². The van der Waals surface area contributed by atoms with Crippen LogP contribution in [-0.4, -0.2) is 31.0 Å². The van der Waals surface area contributed by atoms with Gasteiger partial charge in [-0.05, 0) is 68.0 Å². The second kappa shape index (κ2) is 10.00. The molecule has 6 aromatic rings. The molecular weight excluding hydrogens is 562 g/mol. The van der Waals surface area contributed by atoms with Gasteiger partial charge >= 0.3 is 0 Å². The summed E-state index contributed by atoms with van der Waals surface area (Å²) in [5.74, 6) is 1.37. The molecule has 0 radical (unpaired) electrons. The van der Waals surface area contributed by atoms with Gasteiger partial charge < -0.3 is 4.74 Å². The summed E-state index contributed by atoms with van der Waals surface area (Å²) in [7, 11) is 0. The molecule has 0 atom stereocenters. The number of halogens is 1. The van der Waals surface area contributed by atoms with Gasteiger partial charge in [-0.3, -0.25) is 4.79 Å². The monoisotopic (exact) mass is 583 g/mol. The summed E-state index contributed by atoms with van der Waals surface area (Å²) < 4.78 is 10.4. The molecule has 0 saturated carbocycles. The minimum Gasteiger partial charge on any atom is -0.494 e. The van der Waals surface area contributed by atoms with Crippen molar-refractivity contribution in [3.05, 3.63) is 109 Å². The van der Waals surface area contributed by atoms with Crippen LogP contribution >= 0.6 is 27.3 Å². The lowest BCUT2D eigenvalue weighted by molar-refractivity contribution is 0.338. The molecule has 7 nitrogen and oxygen atoms in total.